The highest BCUT2D eigenvalue weighted by Gasteiger charge is 2.04. The number of hydrogen-bond donors (Lipinski definition) is 2. The first kappa shape index (κ1) is 16.7. The first-order valence-corrected chi connectivity index (χ1v) is 7.01. The third-order valence-electron chi connectivity index (χ3n) is 2.83. The van der Waals surface area contributed by atoms with Gasteiger partial charge in [0.25, 0.3) is 0 Å². The van der Waals surface area contributed by atoms with Gasteiger partial charge in [-0.3, -0.25) is 4.99 Å². The third kappa shape index (κ3) is 5.64. The maximum atomic E-state index is 13.5. The van der Waals surface area contributed by atoms with Gasteiger partial charge in [0, 0.05) is 24.1 Å². The van der Waals surface area contributed by atoms with E-state index in [0.29, 0.717) is 0 Å². The lowest BCUT2D eigenvalue weighted by Gasteiger charge is -2.15. The molecule has 106 valence electrons. The van der Waals surface area contributed by atoms with Crippen LogP contribution in [0.1, 0.15) is 18.4 Å². The van der Waals surface area contributed by atoms with E-state index in [1.54, 1.807) is 0 Å². The summed E-state index contributed by atoms with van der Waals surface area (Å²) in [5.74, 6) is 0.732. The standard InChI is InChI=1S/C13H17BrFN3.HI/c14-11-5-4-10(12(15)9-11)3-1-6-16-13-17-7-2-8-18-13;/h4-5,9H,1-3,6-8H2,(H2,16,17,18);1H. The molecular formula is C13H18BrFIN3. The van der Waals surface area contributed by atoms with Crippen LogP contribution in [0.4, 0.5) is 4.39 Å². The van der Waals surface area contributed by atoms with E-state index in [1.807, 2.05) is 12.1 Å². The number of rotatable bonds is 4. The molecule has 0 amide bonds. The average Bonchev–Trinajstić information content (AvgIpc) is 2.38. The minimum Gasteiger partial charge on any atom is -0.356 e. The van der Waals surface area contributed by atoms with Crippen molar-refractivity contribution in [1.82, 2.24) is 10.6 Å². The lowest BCUT2D eigenvalue weighted by atomic mass is 10.1. The van der Waals surface area contributed by atoms with Crippen LogP contribution >= 0.6 is 39.9 Å². The van der Waals surface area contributed by atoms with Gasteiger partial charge in [-0.2, -0.15) is 0 Å². The molecule has 1 heterocycles. The molecule has 0 spiro atoms. The van der Waals surface area contributed by atoms with Crippen LogP contribution in [0.5, 0.6) is 0 Å². The SMILES string of the molecule is Fc1cc(Br)ccc1CCCNC1=NCCCN1.I. The Hall–Kier alpha value is -0.370. The van der Waals surface area contributed by atoms with Gasteiger partial charge in [0.05, 0.1) is 0 Å². The Labute approximate surface area is 138 Å². The largest absolute Gasteiger partial charge is 0.356 e. The van der Waals surface area contributed by atoms with Crippen LogP contribution in [-0.2, 0) is 6.42 Å². The Morgan fingerprint density at radius 1 is 1.42 bits per heavy atom. The fourth-order valence-corrected chi connectivity index (χ4v) is 2.19. The Morgan fingerprint density at radius 2 is 2.26 bits per heavy atom. The van der Waals surface area contributed by atoms with Gasteiger partial charge >= 0.3 is 0 Å². The van der Waals surface area contributed by atoms with E-state index < -0.39 is 0 Å². The zero-order chi connectivity index (χ0) is 12.8. The summed E-state index contributed by atoms with van der Waals surface area (Å²) in [6.45, 7) is 2.67. The number of benzene rings is 1. The van der Waals surface area contributed by atoms with E-state index in [0.717, 1.165) is 54.9 Å². The minimum atomic E-state index is -0.141. The molecule has 2 N–H and O–H groups in total. The van der Waals surface area contributed by atoms with Crippen molar-refractivity contribution in [1.29, 1.82) is 0 Å². The molecule has 0 unspecified atom stereocenters. The number of nitrogens with one attached hydrogen (secondary N) is 2. The zero-order valence-electron chi connectivity index (χ0n) is 10.6. The first-order chi connectivity index (χ1) is 8.75. The predicted molar refractivity (Wildman–Crippen MR) is 90.8 cm³/mol. The molecule has 1 aromatic carbocycles. The molecule has 0 bridgehead atoms. The number of guanidine groups is 1. The quantitative estimate of drug-likeness (QED) is 0.556. The Bertz CT molecular complexity index is 440. The van der Waals surface area contributed by atoms with Crippen LogP contribution in [0, 0.1) is 5.82 Å². The summed E-state index contributed by atoms with van der Waals surface area (Å²) in [5, 5.41) is 6.43. The second-order valence-corrected chi connectivity index (χ2v) is 5.19. The Morgan fingerprint density at radius 3 is 2.95 bits per heavy atom. The van der Waals surface area contributed by atoms with Gasteiger partial charge in [-0.25, -0.2) is 4.39 Å². The lowest BCUT2D eigenvalue weighted by Crippen LogP contribution is -2.41. The second-order valence-electron chi connectivity index (χ2n) is 4.28. The van der Waals surface area contributed by atoms with Crippen molar-refractivity contribution in [2.75, 3.05) is 19.6 Å². The summed E-state index contributed by atoms with van der Waals surface area (Å²) in [5.41, 5.74) is 0.763. The third-order valence-corrected chi connectivity index (χ3v) is 3.32. The number of nitrogens with zero attached hydrogens (tertiary/aromatic N) is 1. The Balaban J connectivity index is 0.00000180. The van der Waals surface area contributed by atoms with Gasteiger partial charge in [0.2, 0.25) is 0 Å². The summed E-state index contributed by atoms with van der Waals surface area (Å²) >= 11 is 3.25. The van der Waals surface area contributed by atoms with E-state index in [4.69, 9.17) is 0 Å². The second kappa shape index (κ2) is 8.73. The van der Waals surface area contributed by atoms with Gasteiger partial charge in [0.15, 0.2) is 5.96 Å². The summed E-state index contributed by atoms with van der Waals surface area (Å²) in [6.07, 6.45) is 2.72. The molecule has 0 saturated heterocycles. The van der Waals surface area contributed by atoms with Gasteiger partial charge in [-0.15, -0.1) is 24.0 Å². The normalized spacial score (nSPS) is 14.1. The highest BCUT2D eigenvalue weighted by molar-refractivity contribution is 14.0. The molecule has 0 fully saturated rings. The molecule has 2 rings (SSSR count). The Kier molecular flexibility index (Phi) is 7.67. The highest BCUT2D eigenvalue weighted by Crippen LogP contribution is 2.16. The van der Waals surface area contributed by atoms with E-state index >= 15 is 0 Å². The molecular weight excluding hydrogens is 424 g/mol. The minimum absolute atomic E-state index is 0. The molecule has 0 aliphatic carbocycles. The monoisotopic (exact) mass is 441 g/mol. The van der Waals surface area contributed by atoms with Gasteiger partial charge < -0.3 is 10.6 Å². The predicted octanol–water partition coefficient (Wildman–Crippen LogP) is 3.08. The van der Waals surface area contributed by atoms with E-state index in [2.05, 4.69) is 31.6 Å². The summed E-state index contributed by atoms with van der Waals surface area (Å²) < 4.78 is 14.3. The molecule has 0 saturated carbocycles. The number of halogens is 3. The van der Waals surface area contributed by atoms with Crippen LogP contribution in [-0.4, -0.2) is 25.6 Å². The van der Waals surface area contributed by atoms with Crippen LogP contribution in [0.15, 0.2) is 27.7 Å². The van der Waals surface area contributed by atoms with Gasteiger partial charge in [0.1, 0.15) is 5.82 Å². The van der Waals surface area contributed by atoms with Crippen molar-refractivity contribution in [3.63, 3.8) is 0 Å². The van der Waals surface area contributed by atoms with Gasteiger partial charge in [-0.05, 0) is 37.0 Å². The average molecular weight is 442 g/mol. The molecule has 0 radical (unpaired) electrons. The summed E-state index contributed by atoms with van der Waals surface area (Å²) in [6, 6.07) is 5.21. The lowest BCUT2D eigenvalue weighted by molar-refractivity contribution is 0.601. The van der Waals surface area contributed by atoms with E-state index in [9.17, 15) is 4.39 Å². The van der Waals surface area contributed by atoms with Crippen molar-refractivity contribution in [3.05, 3.63) is 34.1 Å². The van der Waals surface area contributed by atoms with Crippen molar-refractivity contribution < 1.29 is 4.39 Å². The molecule has 3 nitrogen and oxygen atoms in total. The summed E-state index contributed by atoms with van der Waals surface area (Å²) in [7, 11) is 0. The molecule has 6 heteroatoms. The molecule has 0 atom stereocenters. The molecule has 19 heavy (non-hydrogen) atoms. The molecule has 0 aromatic heterocycles. The molecule has 1 aliphatic heterocycles. The molecule has 1 aromatic rings. The fourth-order valence-electron chi connectivity index (χ4n) is 1.86. The van der Waals surface area contributed by atoms with Gasteiger partial charge in [-0.1, -0.05) is 22.0 Å². The zero-order valence-corrected chi connectivity index (χ0v) is 14.5. The maximum absolute atomic E-state index is 13.5. The number of hydrogen-bond acceptors (Lipinski definition) is 3. The topological polar surface area (TPSA) is 36.4 Å². The maximum Gasteiger partial charge on any atom is 0.191 e. The van der Waals surface area contributed by atoms with Crippen molar-refractivity contribution in [3.8, 4) is 0 Å². The van der Waals surface area contributed by atoms with Crippen LogP contribution < -0.4 is 10.6 Å². The van der Waals surface area contributed by atoms with E-state index in [1.165, 1.54) is 6.07 Å². The van der Waals surface area contributed by atoms with Crippen molar-refractivity contribution in [2.45, 2.75) is 19.3 Å². The van der Waals surface area contributed by atoms with Crippen LogP contribution in [0.3, 0.4) is 0 Å². The fraction of sp³-hybridized carbons (Fsp3) is 0.462. The van der Waals surface area contributed by atoms with Crippen molar-refractivity contribution >= 4 is 45.9 Å². The number of aliphatic imine (C=N–C) groups is 1. The highest BCUT2D eigenvalue weighted by atomic mass is 127. The van der Waals surface area contributed by atoms with E-state index in [-0.39, 0.29) is 29.8 Å². The van der Waals surface area contributed by atoms with Crippen LogP contribution in [0.25, 0.3) is 0 Å². The number of aryl methyl sites for hydroxylation is 1. The van der Waals surface area contributed by atoms with Crippen LogP contribution in [0.2, 0.25) is 0 Å². The molecule has 1 aliphatic rings. The summed E-state index contributed by atoms with van der Waals surface area (Å²) in [4.78, 5) is 4.32. The smallest absolute Gasteiger partial charge is 0.191 e. The van der Waals surface area contributed by atoms with Crippen molar-refractivity contribution in [2.24, 2.45) is 4.99 Å². The first-order valence-electron chi connectivity index (χ1n) is 6.22.